The second-order valence-electron chi connectivity index (χ2n) is 4.03. The molecule has 0 saturated carbocycles. The van der Waals surface area contributed by atoms with Crippen molar-refractivity contribution in [1.82, 2.24) is 0 Å². The molecule has 1 aromatic carbocycles. The molecule has 1 heterocycles. The van der Waals surface area contributed by atoms with Crippen molar-refractivity contribution >= 4 is 11.6 Å². The highest BCUT2D eigenvalue weighted by Gasteiger charge is 2.14. The number of fused-ring (bicyclic) bond motifs is 1. The molecule has 1 aromatic rings. The van der Waals surface area contributed by atoms with Crippen LogP contribution in [0.15, 0.2) is 18.2 Å². The van der Waals surface area contributed by atoms with E-state index in [4.69, 9.17) is 9.84 Å². The van der Waals surface area contributed by atoms with E-state index in [9.17, 15) is 4.79 Å². The van der Waals surface area contributed by atoms with Gasteiger partial charge in [0, 0.05) is 12.1 Å². The summed E-state index contributed by atoms with van der Waals surface area (Å²) in [6.07, 6.45) is 0.788. The van der Waals surface area contributed by atoms with E-state index >= 15 is 0 Å². The molecule has 2 N–H and O–H groups in total. The molecule has 1 unspecified atom stereocenters. The summed E-state index contributed by atoms with van der Waals surface area (Å²) in [5.74, 6) is 0.793. The van der Waals surface area contributed by atoms with E-state index in [1.165, 1.54) is 0 Å². The van der Waals surface area contributed by atoms with E-state index in [1.807, 2.05) is 12.1 Å². The van der Waals surface area contributed by atoms with Gasteiger partial charge in [0.1, 0.15) is 12.4 Å². The van der Waals surface area contributed by atoms with Crippen LogP contribution in [0.25, 0.3) is 0 Å². The molecule has 1 amide bonds. The summed E-state index contributed by atoms with van der Waals surface area (Å²) in [6, 6.07) is 5.55. The third kappa shape index (κ3) is 2.52. The predicted molar refractivity (Wildman–Crippen MR) is 60.6 cm³/mol. The molecule has 4 heteroatoms. The Morgan fingerprint density at radius 1 is 1.50 bits per heavy atom. The first-order valence-corrected chi connectivity index (χ1v) is 5.39. The smallest absolute Gasteiger partial charge is 0.224 e. The van der Waals surface area contributed by atoms with Crippen LogP contribution in [0.4, 0.5) is 5.69 Å². The maximum atomic E-state index is 11.2. The molecule has 1 atom stereocenters. The molecule has 0 saturated heterocycles. The number of hydrogen-bond acceptors (Lipinski definition) is 3. The molecular formula is C12H15NO3. The molecule has 0 spiro atoms. The average molecular weight is 221 g/mol. The Morgan fingerprint density at radius 3 is 3.06 bits per heavy atom. The number of hydrogen-bond donors (Lipinski definition) is 2. The van der Waals surface area contributed by atoms with Gasteiger partial charge in [-0.05, 0) is 37.1 Å². The lowest BCUT2D eigenvalue weighted by molar-refractivity contribution is -0.116. The normalized spacial score (nSPS) is 16.2. The summed E-state index contributed by atoms with van der Waals surface area (Å²) < 4.78 is 5.40. The molecule has 2 rings (SSSR count). The number of rotatable bonds is 3. The summed E-state index contributed by atoms with van der Waals surface area (Å²) in [5.41, 5.74) is 1.95. The number of aliphatic hydroxyl groups is 1. The molecule has 0 aliphatic carbocycles. The monoisotopic (exact) mass is 221 g/mol. The number of ether oxygens (including phenoxy) is 1. The van der Waals surface area contributed by atoms with E-state index in [-0.39, 0.29) is 12.5 Å². The summed E-state index contributed by atoms with van der Waals surface area (Å²) in [5, 5.41) is 11.9. The van der Waals surface area contributed by atoms with Gasteiger partial charge in [0.2, 0.25) is 5.91 Å². The summed E-state index contributed by atoms with van der Waals surface area (Å²) in [4.78, 5) is 11.2. The van der Waals surface area contributed by atoms with Gasteiger partial charge in [-0.3, -0.25) is 4.79 Å². The van der Waals surface area contributed by atoms with Crippen molar-refractivity contribution in [3.8, 4) is 5.75 Å². The topological polar surface area (TPSA) is 58.6 Å². The van der Waals surface area contributed by atoms with Crippen molar-refractivity contribution in [2.24, 2.45) is 0 Å². The fraction of sp³-hybridized carbons (Fsp3) is 0.417. The van der Waals surface area contributed by atoms with Gasteiger partial charge in [-0.15, -0.1) is 0 Å². The van der Waals surface area contributed by atoms with Gasteiger partial charge in [0.15, 0.2) is 0 Å². The van der Waals surface area contributed by atoms with Crippen LogP contribution < -0.4 is 10.1 Å². The van der Waals surface area contributed by atoms with Crippen LogP contribution in [0, 0.1) is 0 Å². The maximum Gasteiger partial charge on any atom is 0.224 e. The van der Waals surface area contributed by atoms with Gasteiger partial charge >= 0.3 is 0 Å². The molecule has 86 valence electrons. The average Bonchev–Trinajstić information content (AvgIpc) is 2.26. The maximum absolute atomic E-state index is 11.2. The van der Waals surface area contributed by atoms with Gasteiger partial charge < -0.3 is 15.2 Å². The molecule has 4 nitrogen and oxygen atoms in total. The summed E-state index contributed by atoms with van der Waals surface area (Å²) in [7, 11) is 0. The molecule has 16 heavy (non-hydrogen) atoms. The van der Waals surface area contributed by atoms with Gasteiger partial charge in [-0.25, -0.2) is 0 Å². The number of anilines is 1. The zero-order valence-corrected chi connectivity index (χ0v) is 9.19. The quantitative estimate of drug-likeness (QED) is 0.809. The zero-order valence-electron chi connectivity index (χ0n) is 9.19. The third-order valence-electron chi connectivity index (χ3n) is 2.46. The number of nitrogens with one attached hydrogen (secondary N) is 1. The minimum absolute atomic E-state index is 0.0603. The second kappa shape index (κ2) is 4.53. The van der Waals surface area contributed by atoms with Gasteiger partial charge in [0.05, 0.1) is 6.10 Å². The minimum atomic E-state index is -0.476. The van der Waals surface area contributed by atoms with Crippen LogP contribution in [0.2, 0.25) is 0 Å². The number of amides is 1. The van der Waals surface area contributed by atoms with Crippen molar-refractivity contribution in [2.45, 2.75) is 25.9 Å². The van der Waals surface area contributed by atoms with Gasteiger partial charge in [0.25, 0.3) is 0 Å². The Hall–Kier alpha value is -1.55. The Balaban J connectivity index is 2.10. The van der Waals surface area contributed by atoms with Crippen LogP contribution in [0.3, 0.4) is 0 Å². The lowest BCUT2D eigenvalue weighted by Gasteiger charge is -2.18. The van der Waals surface area contributed by atoms with E-state index in [0.717, 1.165) is 23.4 Å². The van der Waals surface area contributed by atoms with Crippen molar-refractivity contribution in [2.75, 3.05) is 11.9 Å². The van der Waals surface area contributed by atoms with Crippen LogP contribution in [-0.4, -0.2) is 23.7 Å². The van der Waals surface area contributed by atoms with Crippen molar-refractivity contribution in [1.29, 1.82) is 0 Å². The third-order valence-corrected chi connectivity index (χ3v) is 2.46. The molecule has 0 fully saturated rings. The lowest BCUT2D eigenvalue weighted by Crippen LogP contribution is -2.19. The number of carbonyl (C=O) groups excluding carboxylic acids is 1. The standard InChI is InChI=1S/C12H15NO3/c1-8(14)7-16-10-3-4-11-9(6-10)2-5-12(15)13-11/h3-4,6,8,14H,2,5,7H2,1H3,(H,13,15). The van der Waals surface area contributed by atoms with Gasteiger partial charge in [-0.1, -0.05) is 0 Å². The molecule has 0 aromatic heterocycles. The Labute approximate surface area is 94.2 Å². The predicted octanol–water partition coefficient (Wildman–Crippen LogP) is 1.33. The fourth-order valence-corrected chi connectivity index (χ4v) is 1.67. The molecule has 1 aliphatic rings. The van der Waals surface area contributed by atoms with Crippen molar-refractivity contribution in [3.05, 3.63) is 23.8 Å². The first-order valence-electron chi connectivity index (χ1n) is 5.39. The SMILES string of the molecule is CC(O)COc1ccc2c(c1)CCC(=O)N2. The number of aliphatic hydroxyl groups excluding tert-OH is 1. The van der Waals surface area contributed by atoms with Crippen molar-refractivity contribution < 1.29 is 14.6 Å². The molecule has 0 bridgehead atoms. The second-order valence-corrected chi connectivity index (χ2v) is 4.03. The highest BCUT2D eigenvalue weighted by molar-refractivity contribution is 5.93. The van der Waals surface area contributed by atoms with E-state index < -0.39 is 6.10 Å². The van der Waals surface area contributed by atoms with E-state index in [1.54, 1.807) is 13.0 Å². The lowest BCUT2D eigenvalue weighted by atomic mass is 10.0. The van der Waals surface area contributed by atoms with E-state index in [2.05, 4.69) is 5.32 Å². The Morgan fingerprint density at radius 2 is 2.31 bits per heavy atom. The molecule has 0 radical (unpaired) electrons. The first-order chi connectivity index (χ1) is 7.65. The first kappa shape index (κ1) is 11.0. The Kier molecular flexibility index (Phi) is 3.10. The number of carbonyl (C=O) groups is 1. The zero-order chi connectivity index (χ0) is 11.5. The van der Waals surface area contributed by atoms with Crippen LogP contribution in [-0.2, 0) is 11.2 Å². The highest BCUT2D eigenvalue weighted by atomic mass is 16.5. The van der Waals surface area contributed by atoms with Gasteiger partial charge in [-0.2, -0.15) is 0 Å². The Bertz CT molecular complexity index is 401. The number of benzene rings is 1. The van der Waals surface area contributed by atoms with Crippen molar-refractivity contribution in [3.63, 3.8) is 0 Å². The van der Waals surface area contributed by atoms with Crippen LogP contribution >= 0.6 is 0 Å². The highest BCUT2D eigenvalue weighted by Crippen LogP contribution is 2.26. The van der Waals surface area contributed by atoms with Crippen LogP contribution in [0.5, 0.6) is 5.75 Å². The van der Waals surface area contributed by atoms with E-state index in [0.29, 0.717) is 6.42 Å². The van der Waals surface area contributed by atoms with Crippen LogP contribution in [0.1, 0.15) is 18.9 Å². The number of aryl methyl sites for hydroxylation is 1. The summed E-state index contributed by atoms with van der Waals surface area (Å²) in [6.45, 7) is 1.96. The minimum Gasteiger partial charge on any atom is -0.491 e. The fourth-order valence-electron chi connectivity index (χ4n) is 1.67. The summed E-state index contributed by atoms with van der Waals surface area (Å²) >= 11 is 0. The molecular weight excluding hydrogens is 206 g/mol. The molecule has 1 aliphatic heterocycles. The largest absolute Gasteiger partial charge is 0.491 e.